The lowest BCUT2D eigenvalue weighted by atomic mass is 9.85. The third-order valence-corrected chi connectivity index (χ3v) is 2.89. The van der Waals surface area contributed by atoms with Crippen LogP contribution in [0.1, 0.15) is 43.7 Å². The van der Waals surface area contributed by atoms with Crippen LogP contribution in [0.4, 0.5) is 0 Å². The SMILES string of the molecule is CCCC(C)C(C#N)c1ccc(C)cc1. The van der Waals surface area contributed by atoms with Gasteiger partial charge in [0.2, 0.25) is 0 Å². The van der Waals surface area contributed by atoms with Crippen LogP contribution in [-0.2, 0) is 0 Å². The molecule has 0 fully saturated rings. The molecule has 80 valence electrons. The first kappa shape index (κ1) is 11.8. The molecular formula is C14H19N. The van der Waals surface area contributed by atoms with E-state index in [1.165, 1.54) is 5.56 Å². The van der Waals surface area contributed by atoms with Crippen molar-refractivity contribution in [1.82, 2.24) is 0 Å². The van der Waals surface area contributed by atoms with Crippen LogP contribution in [-0.4, -0.2) is 0 Å². The van der Waals surface area contributed by atoms with E-state index in [9.17, 15) is 5.26 Å². The summed E-state index contributed by atoms with van der Waals surface area (Å²) in [6.45, 7) is 6.40. The Bertz CT molecular complexity index is 331. The molecule has 0 aliphatic carbocycles. The van der Waals surface area contributed by atoms with Crippen molar-refractivity contribution in [2.45, 2.75) is 39.5 Å². The molecule has 1 nitrogen and oxygen atoms in total. The molecule has 1 aromatic rings. The molecule has 0 bridgehead atoms. The highest BCUT2D eigenvalue weighted by Gasteiger charge is 2.17. The molecule has 0 amide bonds. The van der Waals surface area contributed by atoms with Crippen LogP contribution in [0.25, 0.3) is 0 Å². The zero-order valence-electron chi connectivity index (χ0n) is 9.83. The standard InChI is InChI=1S/C14H19N/c1-4-5-12(3)14(10-15)13-8-6-11(2)7-9-13/h6-9,12,14H,4-5H2,1-3H3. The third-order valence-electron chi connectivity index (χ3n) is 2.89. The zero-order valence-corrected chi connectivity index (χ0v) is 9.83. The lowest BCUT2D eigenvalue weighted by Crippen LogP contribution is -2.07. The fourth-order valence-corrected chi connectivity index (χ4v) is 1.93. The minimum absolute atomic E-state index is 0.0468. The first-order valence-corrected chi connectivity index (χ1v) is 5.65. The molecule has 2 unspecified atom stereocenters. The van der Waals surface area contributed by atoms with Gasteiger partial charge in [-0.25, -0.2) is 0 Å². The molecule has 1 rings (SSSR count). The molecule has 0 aliphatic heterocycles. The van der Waals surface area contributed by atoms with Gasteiger partial charge in [0.25, 0.3) is 0 Å². The predicted octanol–water partition coefficient (Wildman–Crippen LogP) is 4.04. The second-order valence-corrected chi connectivity index (χ2v) is 4.28. The number of nitriles is 1. The van der Waals surface area contributed by atoms with Crippen molar-refractivity contribution in [3.63, 3.8) is 0 Å². The van der Waals surface area contributed by atoms with E-state index in [2.05, 4.69) is 51.1 Å². The fraction of sp³-hybridized carbons (Fsp3) is 0.500. The number of hydrogen-bond donors (Lipinski definition) is 0. The van der Waals surface area contributed by atoms with Gasteiger partial charge in [0.1, 0.15) is 0 Å². The maximum atomic E-state index is 9.20. The molecular weight excluding hydrogens is 182 g/mol. The average molecular weight is 201 g/mol. The molecule has 0 spiro atoms. The van der Waals surface area contributed by atoms with Gasteiger partial charge in [-0.1, -0.05) is 50.1 Å². The summed E-state index contributed by atoms with van der Waals surface area (Å²) in [4.78, 5) is 0. The van der Waals surface area contributed by atoms with E-state index >= 15 is 0 Å². The molecule has 15 heavy (non-hydrogen) atoms. The number of aryl methyl sites for hydroxylation is 1. The molecule has 0 aromatic heterocycles. The van der Waals surface area contributed by atoms with Gasteiger partial charge in [-0.15, -0.1) is 0 Å². The maximum absolute atomic E-state index is 9.20. The summed E-state index contributed by atoms with van der Waals surface area (Å²) in [5.41, 5.74) is 2.41. The Kier molecular flexibility index (Phi) is 4.37. The van der Waals surface area contributed by atoms with Crippen LogP contribution in [0.2, 0.25) is 0 Å². The van der Waals surface area contributed by atoms with Crippen LogP contribution >= 0.6 is 0 Å². The number of rotatable bonds is 4. The van der Waals surface area contributed by atoms with Crippen molar-refractivity contribution in [2.24, 2.45) is 5.92 Å². The first-order valence-electron chi connectivity index (χ1n) is 5.65. The lowest BCUT2D eigenvalue weighted by molar-refractivity contribution is 0.483. The quantitative estimate of drug-likeness (QED) is 0.721. The summed E-state index contributed by atoms with van der Waals surface area (Å²) >= 11 is 0. The Balaban J connectivity index is 2.84. The second kappa shape index (κ2) is 5.56. The van der Waals surface area contributed by atoms with Gasteiger partial charge >= 0.3 is 0 Å². The van der Waals surface area contributed by atoms with Crippen molar-refractivity contribution in [1.29, 1.82) is 5.26 Å². The van der Waals surface area contributed by atoms with Crippen LogP contribution in [0.3, 0.4) is 0 Å². The largest absolute Gasteiger partial charge is 0.198 e. The summed E-state index contributed by atoms with van der Waals surface area (Å²) in [6.07, 6.45) is 2.26. The van der Waals surface area contributed by atoms with Gasteiger partial charge in [-0.05, 0) is 24.8 Å². The second-order valence-electron chi connectivity index (χ2n) is 4.28. The van der Waals surface area contributed by atoms with E-state index in [4.69, 9.17) is 0 Å². The smallest absolute Gasteiger partial charge is 0.0738 e. The van der Waals surface area contributed by atoms with Gasteiger partial charge in [-0.2, -0.15) is 5.26 Å². The van der Waals surface area contributed by atoms with Crippen molar-refractivity contribution in [2.75, 3.05) is 0 Å². The Hall–Kier alpha value is -1.29. The predicted molar refractivity (Wildman–Crippen MR) is 63.6 cm³/mol. The van der Waals surface area contributed by atoms with Crippen molar-refractivity contribution in [3.8, 4) is 6.07 Å². The molecule has 0 radical (unpaired) electrons. The van der Waals surface area contributed by atoms with Crippen LogP contribution in [0.5, 0.6) is 0 Å². The Morgan fingerprint density at radius 3 is 2.33 bits per heavy atom. The zero-order chi connectivity index (χ0) is 11.3. The van der Waals surface area contributed by atoms with E-state index in [1.54, 1.807) is 0 Å². The molecule has 0 aliphatic rings. The molecule has 1 aromatic carbocycles. The lowest BCUT2D eigenvalue weighted by Gasteiger charge is -2.17. The van der Waals surface area contributed by atoms with E-state index in [1.807, 2.05) is 0 Å². The van der Waals surface area contributed by atoms with Gasteiger partial charge < -0.3 is 0 Å². The fourth-order valence-electron chi connectivity index (χ4n) is 1.93. The molecule has 0 saturated carbocycles. The monoisotopic (exact) mass is 201 g/mol. The van der Waals surface area contributed by atoms with E-state index in [-0.39, 0.29) is 5.92 Å². The van der Waals surface area contributed by atoms with Gasteiger partial charge in [-0.3, -0.25) is 0 Å². The van der Waals surface area contributed by atoms with Gasteiger partial charge in [0.15, 0.2) is 0 Å². The summed E-state index contributed by atoms with van der Waals surface area (Å²) < 4.78 is 0. The summed E-state index contributed by atoms with van der Waals surface area (Å²) in [5.74, 6) is 0.494. The van der Waals surface area contributed by atoms with E-state index < -0.39 is 0 Å². The van der Waals surface area contributed by atoms with E-state index in [0.29, 0.717) is 5.92 Å². The summed E-state index contributed by atoms with van der Waals surface area (Å²) in [6, 6.07) is 10.7. The molecule has 0 heterocycles. The normalized spacial score (nSPS) is 14.3. The maximum Gasteiger partial charge on any atom is 0.0738 e. The number of hydrogen-bond acceptors (Lipinski definition) is 1. The van der Waals surface area contributed by atoms with Crippen molar-refractivity contribution < 1.29 is 0 Å². The van der Waals surface area contributed by atoms with Crippen LogP contribution in [0, 0.1) is 24.2 Å². The highest BCUT2D eigenvalue weighted by atomic mass is 14.3. The van der Waals surface area contributed by atoms with Crippen LogP contribution in [0.15, 0.2) is 24.3 Å². The highest BCUT2D eigenvalue weighted by molar-refractivity contribution is 5.28. The number of nitrogens with zero attached hydrogens (tertiary/aromatic N) is 1. The van der Waals surface area contributed by atoms with E-state index in [0.717, 1.165) is 18.4 Å². The topological polar surface area (TPSA) is 23.8 Å². The van der Waals surface area contributed by atoms with Gasteiger partial charge in [0, 0.05) is 0 Å². The Morgan fingerprint density at radius 2 is 1.87 bits per heavy atom. The third kappa shape index (κ3) is 3.09. The Labute approximate surface area is 92.7 Å². The molecule has 2 atom stereocenters. The summed E-state index contributed by atoms with van der Waals surface area (Å²) in [5, 5.41) is 9.20. The molecule has 1 heteroatoms. The minimum Gasteiger partial charge on any atom is -0.198 e. The number of benzene rings is 1. The molecule has 0 saturated heterocycles. The Morgan fingerprint density at radius 1 is 1.27 bits per heavy atom. The average Bonchev–Trinajstić information content (AvgIpc) is 2.22. The summed E-state index contributed by atoms with van der Waals surface area (Å²) in [7, 11) is 0. The van der Waals surface area contributed by atoms with Crippen molar-refractivity contribution >= 4 is 0 Å². The highest BCUT2D eigenvalue weighted by Crippen LogP contribution is 2.27. The van der Waals surface area contributed by atoms with Crippen molar-refractivity contribution in [3.05, 3.63) is 35.4 Å². The first-order chi connectivity index (χ1) is 7.19. The van der Waals surface area contributed by atoms with Gasteiger partial charge in [0.05, 0.1) is 12.0 Å². The minimum atomic E-state index is 0.0468. The molecule has 0 N–H and O–H groups in total. The van der Waals surface area contributed by atoms with Crippen LogP contribution < -0.4 is 0 Å².